The number of carbonyl (C=O) groups is 1. The summed E-state index contributed by atoms with van der Waals surface area (Å²) in [6.45, 7) is 0. The van der Waals surface area contributed by atoms with Crippen molar-refractivity contribution in [1.82, 2.24) is 0 Å². The van der Waals surface area contributed by atoms with Gasteiger partial charge in [0.25, 0.3) is 0 Å². The molecule has 2 fully saturated rings. The van der Waals surface area contributed by atoms with Crippen molar-refractivity contribution in [2.24, 2.45) is 11.8 Å². The smallest absolute Gasteiger partial charge is 0.336 e. The SMILES string of the molecule is O=C(O)c1ccccc1SC1CC2CCC1C2. The van der Waals surface area contributed by atoms with E-state index in [4.69, 9.17) is 5.11 Å². The molecule has 2 saturated carbocycles. The van der Waals surface area contributed by atoms with Crippen LogP contribution in [0, 0.1) is 11.8 Å². The molecule has 0 heterocycles. The summed E-state index contributed by atoms with van der Waals surface area (Å²) in [6, 6.07) is 7.38. The molecule has 2 aliphatic rings. The van der Waals surface area contributed by atoms with Gasteiger partial charge in [0, 0.05) is 10.1 Å². The van der Waals surface area contributed by atoms with E-state index in [1.165, 1.54) is 25.7 Å². The molecule has 3 unspecified atom stereocenters. The van der Waals surface area contributed by atoms with Crippen LogP contribution in [0.2, 0.25) is 0 Å². The topological polar surface area (TPSA) is 37.3 Å². The van der Waals surface area contributed by atoms with Crippen molar-refractivity contribution < 1.29 is 9.90 Å². The molecule has 1 aromatic rings. The number of carboxylic acids is 1. The first-order valence-electron chi connectivity index (χ1n) is 6.23. The van der Waals surface area contributed by atoms with E-state index >= 15 is 0 Å². The molecule has 0 amide bonds. The minimum absolute atomic E-state index is 0.459. The lowest BCUT2D eigenvalue weighted by atomic mass is 10.0. The average molecular weight is 248 g/mol. The maximum atomic E-state index is 11.1. The van der Waals surface area contributed by atoms with Crippen LogP contribution in [0.3, 0.4) is 0 Å². The van der Waals surface area contributed by atoms with Gasteiger partial charge >= 0.3 is 5.97 Å². The van der Waals surface area contributed by atoms with Gasteiger partial charge in [0.05, 0.1) is 5.56 Å². The zero-order chi connectivity index (χ0) is 11.8. The first-order valence-corrected chi connectivity index (χ1v) is 7.11. The standard InChI is InChI=1S/C14H16O2S/c15-14(16)11-3-1-2-4-12(11)17-13-8-9-5-6-10(13)7-9/h1-4,9-10,13H,5-8H2,(H,15,16). The number of carboxylic acid groups (broad SMARTS) is 1. The number of hydrogen-bond acceptors (Lipinski definition) is 2. The zero-order valence-corrected chi connectivity index (χ0v) is 10.5. The number of rotatable bonds is 3. The monoisotopic (exact) mass is 248 g/mol. The Balaban J connectivity index is 1.79. The van der Waals surface area contributed by atoms with Gasteiger partial charge < -0.3 is 5.11 Å². The Bertz CT molecular complexity index is 444. The summed E-state index contributed by atoms with van der Waals surface area (Å²) in [6.07, 6.45) is 5.38. The Hall–Kier alpha value is -0.960. The molecule has 3 atom stereocenters. The lowest BCUT2D eigenvalue weighted by Crippen LogP contribution is -2.13. The van der Waals surface area contributed by atoms with Crippen molar-refractivity contribution in [2.75, 3.05) is 0 Å². The molecular weight excluding hydrogens is 232 g/mol. The van der Waals surface area contributed by atoms with Crippen LogP contribution in [0.15, 0.2) is 29.2 Å². The van der Waals surface area contributed by atoms with Gasteiger partial charge in [-0.25, -0.2) is 4.79 Å². The number of hydrogen-bond donors (Lipinski definition) is 1. The van der Waals surface area contributed by atoms with E-state index < -0.39 is 5.97 Å². The van der Waals surface area contributed by atoms with E-state index in [0.717, 1.165) is 16.7 Å². The van der Waals surface area contributed by atoms with Crippen LogP contribution in [0.1, 0.15) is 36.0 Å². The molecule has 2 bridgehead atoms. The highest BCUT2D eigenvalue weighted by molar-refractivity contribution is 8.00. The van der Waals surface area contributed by atoms with Gasteiger partial charge in [-0.3, -0.25) is 0 Å². The molecule has 0 aliphatic heterocycles. The molecule has 0 spiro atoms. The van der Waals surface area contributed by atoms with E-state index in [1.54, 1.807) is 23.9 Å². The van der Waals surface area contributed by atoms with Crippen molar-refractivity contribution in [1.29, 1.82) is 0 Å². The van der Waals surface area contributed by atoms with E-state index in [2.05, 4.69) is 0 Å². The molecule has 0 aromatic heterocycles. The third-order valence-corrected chi connectivity index (χ3v) is 5.56. The van der Waals surface area contributed by atoms with Gasteiger partial charge in [-0.05, 0) is 43.2 Å². The van der Waals surface area contributed by atoms with Gasteiger partial charge in [-0.1, -0.05) is 18.6 Å². The van der Waals surface area contributed by atoms with Gasteiger partial charge in [-0.2, -0.15) is 0 Å². The molecular formula is C14H16O2S. The van der Waals surface area contributed by atoms with Crippen LogP contribution in [0.5, 0.6) is 0 Å². The Morgan fingerprint density at radius 3 is 2.71 bits per heavy atom. The summed E-state index contributed by atoms with van der Waals surface area (Å²) in [5.74, 6) is 0.928. The van der Waals surface area contributed by atoms with Crippen LogP contribution in [0.4, 0.5) is 0 Å². The van der Waals surface area contributed by atoms with Gasteiger partial charge in [-0.15, -0.1) is 11.8 Å². The molecule has 2 aliphatic carbocycles. The molecule has 1 aromatic carbocycles. The first kappa shape index (κ1) is 11.1. The Kier molecular flexibility index (Phi) is 2.87. The highest BCUT2D eigenvalue weighted by Crippen LogP contribution is 2.51. The summed E-state index contributed by atoms with van der Waals surface area (Å²) >= 11 is 1.79. The summed E-state index contributed by atoms with van der Waals surface area (Å²) in [5, 5.41) is 9.81. The second kappa shape index (κ2) is 4.37. The lowest BCUT2D eigenvalue weighted by molar-refractivity contribution is 0.0693. The highest BCUT2D eigenvalue weighted by Gasteiger charge is 2.40. The fraction of sp³-hybridized carbons (Fsp3) is 0.500. The quantitative estimate of drug-likeness (QED) is 0.887. The second-order valence-corrected chi connectivity index (χ2v) is 6.41. The first-order chi connectivity index (χ1) is 8.24. The summed E-state index contributed by atoms with van der Waals surface area (Å²) < 4.78 is 0. The second-order valence-electron chi connectivity index (χ2n) is 5.13. The van der Waals surface area contributed by atoms with Crippen molar-refractivity contribution in [3.05, 3.63) is 29.8 Å². The summed E-state index contributed by atoms with van der Waals surface area (Å²) in [7, 11) is 0. The highest BCUT2D eigenvalue weighted by atomic mass is 32.2. The maximum absolute atomic E-state index is 11.1. The van der Waals surface area contributed by atoms with E-state index in [1.807, 2.05) is 12.1 Å². The molecule has 3 rings (SSSR count). The van der Waals surface area contributed by atoms with Crippen molar-refractivity contribution in [3.8, 4) is 0 Å². The van der Waals surface area contributed by atoms with E-state index in [9.17, 15) is 4.79 Å². The fourth-order valence-electron chi connectivity index (χ4n) is 3.24. The fourth-order valence-corrected chi connectivity index (χ4v) is 4.81. The third-order valence-electron chi connectivity index (χ3n) is 4.07. The average Bonchev–Trinajstić information content (AvgIpc) is 2.91. The number of fused-ring (bicyclic) bond motifs is 2. The minimum atomic E-state index is -0.809. The molecule has 17 heavy (non-hydrogen) atoms. The lowest BCUT2D eigenvalue weighted by Gasteiger charge is -2.21. The van der Waals surface area contributed by atoms with Crippen LogP contribution in [-0.2, 0) is 0 Å². The summed E-state index contributed by atoms with van der Waals surface area (Å²) in [5.41, 5.74) is 0.459. The van der Waals surface area contributed by atoms with E-state index in [0.29, 0.717) is 10.8 Å². The minimum Gasteiger partial charge on any atom is -0.478 e. The number of aromatic carboxylic acids is 1. The van der Waals surface area contributed by atoms with Crippen molar-refractivity contribution in [3.63, 3.8) is 0 Å². The van der Waals surface area contributed by atoms with Crippen molar-refractivity contribution >= 4 is 17.7 Å². The van der Waals surface area contributed by atoms with Gasteiger partial charge in [0.15, 0.2) is 0 Å². The normalized spacial score (nSPS) is 30.7. The molecule has 0 radical (unpaired) electrons. The van der Waals surface area contributed by atoms with Crippen LogP contribution < -0.4 is 0 Å². The predicted octanol–water partition coefficient (Wildman–Crippen LogP) is 3.67. The Labute approximate surface area is 105 Å². The van der Waals surface area contributed by atoms with Gasteiger partial charge in [0.2, 0.25) is 0 Å². The molecule has 1 N–H and O–H groups in total. The van der Waals surface area contributed by atoms with E-state index in [-0.39, 0.29) is 0 Å². The number of thioether (sulfide) groups is 1. The Morgan fingerprint density at radius 2 is 2.06 bits per heavy atom. The maximum Gasteiger partial charge on any atom is 0.336 e. The predicted molar refractivity (Wildman–Crippen MR) is 68.5 cm³/mol. The van der Waals surface area contributed by atoms with Crippen LogP contribution >= 0.6 is 11.8 Å². The summed E-state index contributed by atoms with van der Waals surface area (Å²) in [4.78, 5) is 12.1. The van der Waals surface area contributed by atoms with Crippen molar-refractivity contribution in [2.45, 2.75) is 35.8 Å². The molecule has 90 valence electrons. The molecule has 2 nitrogen and oxygen atoms in total. The largest absolute Gasteiger partial charge is 0.478 e. The zero-order valence-electron chi connectivity index (χ0n) is 9.63. The number of benzene rings is 1. The molecule has 3 heteroatoms. The molecule has 0 saturated heterocycles. The van der Waals surface area contributed by atoms with Crippen LogP contribution in [0.25, 0.3) is 0 Å². The third kappa shape index (κ3) is 2.08. The van der Waals surface area contributed by atoms with Crippen LogP contribution in [-0.4, -0.2) is 16.3 Å². The van der Waals surface area contributed by atoms with Gasteiger partial charge in [0.1, 0.15) is 0 Å². The Morgan fingerprint density at radius 1 is 1.24 bits per heavy atom.